The Morgan fingerprint density at radius 3 is 2.38 bits per heavy atom. The summed E-state index contributed by atoms with van der Waals surface area (Å²) < 4.78 is 1.67. The second-order valence-electron chi connectivity index (χ2n) is 4.81. The van der Waals surface area contributed by atoms with Crippen LogP contribution in [0.25, 0.3) is 5.69 Å². The first-order valence-corrected chi connectivity index (χ1v) is 7.98. The van der Waals surface area contributed by atoms with Crippen molar-refractivity contribution in [3.8, 4) is 5.69 Å². The zero-order chi connectivity index (χ0) is 17.1. The molecule has 0 unspecified atom stereocenters. The van der Waals surface area contributed by atoms with Crippen LogP contribution in [-0.4, -0.2) is 15.5 Å². The summed E-state index contributed by atoms with van der Waals surface area (Å²) in [4.78, 5) is 16.4. The van der Waals surface area contributed by atoms with E-state index in [0.29, 0.717) is 26.4 Å². The summed E-state index contributed by atoms with van der Waals surface area (Å²) in [5.74, 6) is -0.390. The molecule has 2 aromatic carbocycles. The van der Waals surface area contributed by atoms with Gasteiger partial charge in [0.25, 0.3) is 5.91 Å². The number of carbonyl (C=O) groups is 1. The zero-order valence-electron chi connectivity index (χ0n) is 12.1. The van der Waals surface area contributed by atoms with Gasteiger partial charge >= 0.3 is 0 Å². The number of benzene rings is 2. The van der Waals surface area contributed by atoms with Crippen LogP contribution in [0, 0.1) is 0 Å². The van der Waals surface area contributed by atoms with Crippen LogP contribution in [0.15, 0.2) is 55.0 Å². The summed E-state index contributed by atoms with van der Waals surface area (Å²) in [6, 6.07) is 12.4. The van der Waals surface area contributed by atoms with Gasteiger partial charge in [-0.15, -0.1) is 0 Å². The molecule has 0 fully saturated rings. The van der Waals surface area contributed by atoms with Gasteiger partial charge in [-0.2, -0.15) is 0 Å². The number of para-hydroxylation sites is 1. The first kappa shape index (κ1) is 16.6. The predicted molar refractivity (Wildman–Crippen MR) is 96.1 cm³/mol. The summed E-state index contributed by atoms with van der Waals surface area (Å²) in [6.45, 7) is 0. The van der Waals surface area contributed by atoms with Crippen molar-refractivity contribution >= 4 is 46.4 Å². The summed E-state index contributed by atoms with van der Waals surface area (Å²) in [7, 11) is 0. The molecule has 0 bridgehead atoms. The van der Waals surface area contributed by atoms with Gasteiger partial charge in [-0.25, -0.2) is 4.98 Å². The highest BCUT2D eigenvalue weighted by Crippen LogP contribution is 2.33. The standard InChI is InChI=1S/C16H11Cl3N4O/c17-10-6-12(18)15(13(19)7-10)21-22-16(24)14-8-20-9-23(14)11-4-2-1-3-5-11/h1-9,21H,(H,22,24). The molecule has 1 heterocycles. The van der Waals surface area contributed by atoms with E-state index in [2.05, 4.69) is 15.8 Å². The third kappa shape index (κ3) is 3.48. The number of amides is 1. The van der Waals surface area contributed by atoms with Crippen molar-refractivity contribution in [2.24, 2.45) is 0 Å². The van der Waals surface area contributed by atoms with E-state index in [4.69, 9.17) is 34.8 Å². The van der Waals surface area contributed by atoms with Crippen molar-refractivity contribution in [3.05, 3.63) is 75.8 Å². The van der Waals surface area contributed by atoms with Crippen LogP contribution in [0.5, 0.6) is 0 Å². The molecule has 24 heavy (non-hydrogen) atoms. The molecule has 3 aromatic rings. The summed E-state index contributed by atoms with van der Waals surface area (Å²) in [6.07, 6.45) is 3.03. The number of rotatable bonds is 4. The van der Waals surface area contributed by atoms with Crippen LogP contribution in [-0.2, 0) is 0 Å². The van der Waals surface area contributed by atoms with Crippen LogP contribution in [0.2, 0.25) is 15.1 Å². The van der Waals surface area contributed by atoms with Crippen LogP contribution >= 0.6 is 34.8 Å². The minimum atomic E-state index is -0.390. The van der Waals surface area contributed by atoms with Gasteiger partial charge in [0.1, 0.15) is 5.69 Å². The number of carbonyl (C=O) groups excluding carboxylic acids is 1. The predicted octanol–water partition coefficient (Wildman–Crippen LogP) is 4.59. The Bertz CT molecular complexity index is 857. The van der Waals surface area contributed by atoms with E-state index in [9.17, 15) is 4.79 Å². The summed E-state index contributed by atoms with van der Waals surface area (Å²) >= 11 is 18.0. The molecular weight excluding hydrogens is 371 g/mol. The number of nitrogens with one attached hydrogen (secondary N) is 2. The highest BCUT2D eigenvalue weighted by molar-refractivity contribution is 6.41. The number of anilines is 1. The largest absolute Gasteiger partial charge is 0.295 e. The molecule has 2 N–H and O–H groups in total. The lowest BCUT2D eigenvalue weighted by atomic mass is 10.3. The number of hydrogen-bond donors (Lipinski definition) is 2. The van der Waals surface area contributed by atoms with E-state index in [1.807, 2.05) is 30.3 Å². The Kier molecular flexibility index (Phi) is 4.94. The Morgan fingerprint density at radius 2 is 1.71 bits per heavy atom. The van der Waals surface area contributed by atoms with Crippen molar-refractivity contribution in [3.63, 3.8) is 0 Å². The molecule has 8 heteroatoms. The molecule has 122 valence electrons. The van der Waals surface area contributed by atoms with Crippen LogP contribution < -0.4 is 10.9 Å². The molecule has 0 aliphatic carbocycles. The highest BCUT2D eigenvalue weighted by Gasteiger charge is 2.14. The highest BCUT2D eigenvalue weighted by atomic mass is 35.5. The lowest BCUT2D eigenvalue weighted by molar-refractivity contribution is 0.0956. The van der Waals surface area contributed by atoms with Gasteiger partial charge in [0, 0.05) is 10.7 Å². The Morgan fingerprint density at radius 1 is 1.04 bits per heavy atom. The van der Waals surface area contributed by atoms with Crippen molar-refractivity contribution in [2.45, 2.75) is 0 Å². The first-order chi connectivity index (χ1) is 11.6. The molecule has 0 aliphatic heterocycles. The third-order valence-electron chi connectivity index (χ3n) is 3.21. The number of hydrazine groups is 1. The summed E-state index contributed by atoms with van der Waals surface area (Å²) in [5, 5.41) is 0.998. The van der Waals surface area contributed by atoms with Gasteiger partial charge < -0.3 is 0 Å². The third-order valence-corrected chi connectivity index (χ3v) is 4.03. The maximum absolute atomic E-state index is 12.4. The second kappa shape index (κ2) is 7.13. The second-order valence-corrected chi connectivity index (χ2v) is 6.06. The van der Waals surface area contributed by atoms with E-state index >= 15 is 0 Å². The molecule has 0 radical (unpaired) electrons. The van der Waals surface area contributed by atoms with Gasteiger partial charge in [-0.3, -0.25) is 20.2 Å². The number of imidazole rings is 1. The molecule has 3 rings (SSSR count). The van der Waals surface area contributed by atoms with Crippen LogP contribution in [0.3, 0.4) is 0 Å². The van der Waals surface area contributed by atoms with Gasteiger partial charge in [0.05, 0.1) is 28.3 Å². The molecule has 0 saturated carbocycles. The van der Waals surface area contributed by atoms with Gasteiger partial charge in [0.2, 0.25) is 0 Å². The average Bonchev–Trinajstić information content (AvgIpc) is 3.04. The van der Waals surface area contributed by atoms with Gasteiger partial charge in [0.15, 0.2) is 0 Å². The molecule has 0 aliphatic rings. The number of aromatic nitrogens is 2. The minimum absolute atomic E-state index is 0.296. The first-order valence-electron chi connectivity index (χ1n) is 6.85. The Hall–Kier alpha value is -2.21. The number of nitrogens with zero attached hydrogens (tertiary/aromatic N) is 2. The average molecular weight is 382 g/mol. The van der Waals surface area contributed by atoms with E-state index in [0.717, 1.165) is 5.69 Å². The van der Waals surface area contributed by atoms with Crippen molar-refractivity contribution < 1.29 is 4.79 Å². The van der Waals surface area contributed by atoms with Gasteiger partial charge in [-0.1, -0.05) is 53.0 Å². The smallest absolute Gasteiger partial charge is 0.288 e. The normalized spacial score (nSPS) is 10.5. The molecule has 1 aromatic heterocycles. The molecule has 1 amide bonds. The molecule has 0 spiro atoms. The van der Waals surface area contributed by atoms with Crippen molar-refractivity contribution in [1.82, 2.24) is 15.0 Å². The van der Waals surface area contributed by atoms with Crippen LogP contribution in [0.4, 0.5) is 5.69 Å². The number of halogens is 3. The minimum Gasteiger partial charge on any atom is -0.295 e. The van der Waals surface area contributed by atoms with E-state index in [1.165, 1.54) is 18.3 Å². The van der Waals surface area contributed by atoms with Crippen LogP contribution in [0.1, 0.15) is 10.5 Å². The Labute approximate surface area is 153 Å². The van der Waals surface area contributed by atoms with E-state index in [1.54, 1.807) is 10.9 Å². The number of hydrogen-bond acceptors (Lipinski definition) is 3. The fourth-order valence-electron chi connectivity index (χ4n) is 2.10. The molecule has 0 saturated heterocycles. The van der Waals surface area contributed by atoms with Crippen molar-refractivity contribution in [2.75, 3.05) is 5.43 Å². The summed E-state index contributed by atoms with van der Waals surface area (Å²) in [5.41, 5.74) is 6.80. The SMILES string of the molecule is O=C(NNc1c(Cl)cc(Cl)cc1Cl)c1cncn1-c1ccccc1. The monoisotopic (exact) mass is 380 g/mol. The van der Waals surface area contributed by atoms with E-state index in [-0.39, 0.29) is 0 Å². The van der Waals surface area contributed by atoms with E-state index < -0.39 is 5.91 Å². The van der Waals surface area contributed by atoms with Gasteiger partial charge in [-0.05, 0) is 24.3 Å². The lowest BCUT2D eigenvalue weighted by Crippen LogP contribution is -2.31. The lowest BCUT2D eigenvalue weighted by Gasteiger charge is -2.13. The molecule has 0 atom stereocenters. The fraction of sp³-hybridized carbons (Fsp3) is 0. The molecule has 5 nitrogen and oxygen atoms in total. The maximum atomic E-state index is 12.4. The fourth-order valence-corrected chi connectivity index (χ4v) is 3.01. The Balaban J connectivity index is 1.79. The zero-order valence-corrected chi connectivity index (χ0v) is 14.4. The quantitative estimate of drug-likeness (QED) is 0.650. The topological polar surface area (TPSA) is 59.0 Å². The maximum Gasteiger partial charge on any atom is 0.288 e. The molecular formula is C16H11Cl3N4O. The van der Waals surface area contributed by atoms with Crippen molar-refractivity contribution in [1.29, 1.82) is 0 Å².